The van der Waals surface area contributed by atoms with Gasteiger partial charge in [0.05, 0.1) is 24.9 Å². The lowest BCUT2D eigenvalue weighted by atomic mass is 9.42. The van der Waals surface area contributed by atoms with Gasteiger partial charge in [-0.15, -0.1) is 0 Å². The Labute approximate surface area is 257 Å². The minimum atomic E-state index is -1.95. The summed E-state index contributed by atoms with van der Waals surface area (Å²) in [5, 5.41) is 0. The molecule has 42 heavy (non-hydrogen) atoms. The van der Waals surface area contributed by atoms with Crippen LogP contribution in [-0.2, 0) is 25.2 Å². The summed E-state index contributed by atoms with van der Waals surface area (Å²) in [4.78, 5) is 0. The highest BCUT2D eigenvalue weighted by Gasteiger charge is 2.74. The molecule has 1 saturated heterocycles. The largest absolute Gasteiger partial charge is 0.413 e. The molecule has 3 saturated carbocycles. The van der Waals surface area contributed by atoms with Gasteiger partial charge in [0, 0.05) is 17.4 Å². The average molecular weight is 595 g/mol. The van der Waals surface area contributed by atoms with Crippen LogP contribution in [-0.4, -0.2) is 39.0 Å². The number of fused-ring (bicyclic) bond motifs is 1. The summed E-state index contributed by atoms with van der Waals surface area (Å²) in [5.41, 5.74) is 3.20. The van der Waals surface area contributed by atoms with Gasteiger partial charge in [0.25, 0.3) is 0 Å². The summed E-state index contributed by atoms with van der Waals surface area (Å²) in [6.45, 7) is 23.1. The summed E-state index contributed by atoms with van der Waals surface area (Å²) >= 11 is 0. The van der Waals surface area contributed by atoms with Crippen molar-refractivity contribution in [3.05, 3.63) is 48.0 Å². The van der Waals surface area contributed by atoms with Gasteiger partial charge in [0.2, 0.25) is 8.32 Å². The molecule has 1 aromatic rings. The van der Waals surface area contributed by atoms with Crippen LogP contribution in [0.15, 0.2) is 42.5 Å². The molecule has 10 atom stereocenters. The van der Waals surface area contributed by atoms with Crippen molar-refractivity contribution in [3.8, 4) is 0 Å². The molecule has 4 bridgehead atoms. The van der Waals surface area contributed by atoms with E-state index < -0.39 is 8.32 Å². The first kappa shape index (κ1) is 31.0. The lowest BCUT2D eigenvalue weighted by Crippen LogP contribution is -2.68. The molecule has 4 fully saturated rings. The Hall–Kier alpha value is -0.983. The van der Waals surface area contributed by atoms with E-state index in [1.807, 2.05) is 0 Å². The van der Waals surface area contributed by atoms with E-state index in [-0.39, 0.29) is 28.8 Å². The Morgan fingerprint density at radius 3 is 2.29 bits per heavy atom. The monoisotopic (exact) mass is 594 g/mol. The fourth-order valence-corrected chi connectivity index (χ4v) is 17.3. The summed E-state index contributed by atoms with van der Waals surface area (Å²) in [6.07, 6.45) is 11.4. The van der Waals surface area contributed by atoms with Crippen molar-refractivity contribution in [1.29, 1.82) is 0 Å². The van der Waals surface area contributed by atoms with Gasteiger partial charge >= 0.3 is 0 Å². The first-order valence-electron chi connectivity index (χ1n) is 17.2. The second kappa shape index (κ2) is 11.1. The minimum Gasteiger partial charge on any atom is -0.413 e. The normalized spacial score (nSPS) is 42.7. The zero-order valence-electron chi connectivity index (χ0n) is 27.9. The van der Waals surface area contributed by atoms with Crippen LogP contribution in [0.4, 0.5) is 0 Å². The van der Waals surface area contributed by atoms with Crippen molar-refractivity contribution in [2.45, 2.75) is 142 Å². The van der Waals surface area contributed by atoms with Crippen LogP contribution in [0.1, 0.15) is 100.0 Å². The molecule has 0 aromatic heterocycles. The quantitative estimate of drug-likeness (QED) is 0.211. The van der Waals surface area contributed by atoms with Crippen LogP contribution in [0.2, 0.25) is 16.6 Å². The van der Waals surface area contributed by atoms with E-state index in [0.29, 0.717) is 59.6 Å². The maximum absolute atomic E-state index is 7.52. The third kappa shape index (κ3) is 4.41. The Morgan fingerprint density at radius 2 is 1.62 bits per heavy atom. The van der Waals surface area contributed by atoms with Gasteiger partial charge in [-0.1, -0.05) is 97.9 Å². The summed E-state index contributed by atoms with van der Waals surface area (Å²) < 4.78 is 27.6. The van der Waals surface area contributed by atoms with E-state index in [1.54, 1.807) is 0 Å². The van der Waals surface area contributed by atoms with Gasteiger partial charge in [0.1, 0.15) is 0 Å². The molecule has 0 unspecified atom stereocenters. The molecule has 1 heterocycles. The van der Waals surface area contributed by atoms with Crippen molar-refractivity contribution in [3.63, 3.8) is 0 Å². The van der Waals surface area contributed by atoms with Crippen molar-refractivity contribution >= 4 is 8.32 Å². The van der Waals surface area contributed by atoms with Crippen LogP contribution in [0, 0.1) is 34.5 Å². The van der Waals surface area contributed by atoms with E-state index in [1.165, 1.54) is 24.8 Å². The van der Waals surface area contributed by atoms with E-state index in [0.717, 1.165) is 12.8 Å². The molecule has 1 aromatic carbocycles. The van der Waals surface area contributed by atoms with Crippen LogP contribution < -0.4 is 0 Å². The summed E-state index contributed by atoms with van der Waals surface area (Å²) in [5.74, 6) is 1.97. The molecular weight excluding hydrogens is 536 g/mol. The number of hydrogen-bond acceptors (Lipinski definition) is 4. The van der Waals surface area contributed by atoms with Crippen LogP contribution in [0.25, 0.3) is 0 Å². The number of allylic oxidation sites excluding steroid dienone is 2. The maximum atomic E-state index is 7.52. The first-order valence-corrected chi connectivity index (χ1v) is 19.4. The Morgan fingerprint density at radius 1 is 0.929 bits per heavy atom. The van der Waals surface area contributed by atoms with Crippen LogP contribution >= 0.6 is 0 Å². The van der Waals surface area contributed by atoms with Crippen LogP contribution in [0.3, 0.4) is 0 Å². The Bertz CT molecular complexity index is 1110. The Balaban J connectivity index is 1.26. The molecule has 5 aliphatic rings. The minimum absolute atomic E-state index is 0.167. The van der Waals surface area contributed by atoms with Crippen LogP contribution in [0.5, 0.6) is 0 Å². The van der Waals surface area contributed by atoms with Gasteiger partial charge in [-0.2, -0.15) is 0 Å². The van der Waals surface area contributed by atoms with E-state index in [2.05, 4.69) is 105 Å². The van der Waals surface area contributed by atoms with Gasteiger partial charge in [-0.05, 0) is 84.4 Å². The highest BCUT2D eigenvalue weighted by atomic mass is 28.4. The standard InChI is InChI=1S/C37H58O4Si/c1-24(2)42(25(3)4,26(5)6)41-33-17-18-35(9)31(27(33)7)16-15-30-21-32-34-37(30,35)20-19-36(32,40-28(8)39-34)23-38-22-29-13-11-10-12-14-29/h10-16,24-28,30-34H,17-23H2,1-9H3/t27-,28-,30+,31-,32+,33-,34+,35-,36-,37-/m0/s1. The molecule has 0 amide bonds. The molecule has 4 aliphatic carbocycles. The zero-order chi connectivity index (χ0) is 30.1. The molecule has 1 aliphatic heterocycles. The lowest BCUT2D eigenvalue weighted by molar-refractivity contribution is -0.355. The highest BCUT2D eigenvalue weighted by molar-refractivity contribution is 6.77. The number of ether oxygens (including phenoxy) is 3. The van der Waals surface area contributed by atoms with Crippen molar-refractivity contribution in [1.82, 2.24) is 0 Å². The third-order valence-electron chi connectivity index (χ3n) is 13.4. The fourth-order valence-electron chi connectivity index (χ4n) is 11.6. The lowest BCUT2D eigenvalue weighted by Gasteiger charge is -2.66. The fraction of sp³-hybridized carbons (Fsp3) is 0.784. The van der Waals surface area contributed by atoms with Gasteiger partial charge < -0.3 is 18.6 Å². The smallest absolute Gasteiger partial charge is 0.200 e. The average Bonchev–Trinajstić information content (AvgIpc) is 3.18. The molecule has 1 spiro atoms. The number of rotatable bonds is 9. The van der Waals surface area contributed by atoms with E-state index >= 15 is 0 Å². The van der Waals surface area contributed by atoms with Crippen molar-refractivity contribution in [2.24, 2.45) is 34.5 Å². The molecule has 234 valence electrons. The molecule has 0 N–H and O–H groups in total. The van der Waals surface area contributed by atoms with Crippen molar-refractivity contribution < 1.29 is 18.6 Å². The second-order valence-electron chi connectivity index (χ2n) is 16.0. The second-order valence-corrected chi connectivity index (χ2v) is 21.4. The molecule has 5 heteroatoms. The maximum Gasteiger partial charge on any atom is 0.200 e. The third-order valence-corrected chi connectivity index (χ3v) is 19.5. The van der Waals surface area contributed by atoms with Gasteiger partial charge in [-0.3, -0.25) is 0 Å². The SMILES string of the molecule is CC(C)[Si](O[C@H]1CC[C@@]2(C)[C@@H](C=C[C@@H]3C[C@@H]4[C@H]5O[C@H](C)O[C@]4(COCc4ccccc4)CC[C@]352)[C@@H]1C)(C(C)C)C(C)C. The first-order chi connectivity index (χ1) is 19.9. The van der Waals surface area contributed by atoms with Gasteiger partial charge in [-0.25, -0.2) is 0 Å². The molecule has 4 nitrogen and oxygen atoms in total. The number of benzene rings is 1. The highest BCUT2D eigenvalue weighted by Crippen LogP contribution is 2.74. The predicted octanol–water partition coefficient (Wildman–Crippen LogP) is 9.30. The summed E-state index contributed by atoms with van der Waals surface area (Å²) in [7, 11) is -1.95. The Kier molecular flexibility index (Phi) is 8.21. The van der Waals surface area contributed by atoms with Gasteiger partial charge in [0.15, 0.2) is 6.29 Å². The molecular formula is C37H58O4Si. The predicted molar refractivity (Wildman–Crippen MR) is 173 cm³/mol. The molecule has 0 radical (unpaired) electrons. The van der Waals surface area contributed by atoms with Crippen molar-refractivity contribution in [2.75, 3.05) is 6.61 Å². The molecule has 6 rings (SSSR count). The van der Waals surface area contributed by atoms with E-state index in [9.17, 15) is 0 Å². The summed E-state index contributed by atoms with van der Waals surface area (Å²) in [6, 6.07) is 10.5. The topological polar surface area (TPSA) is 36.9 Å². The zero-order valence-corrected chi connectivity index (χ0v) is 28.9. The van der Waals surface area contributed by atoms with E-state index in [4.69, 9.17) is 18.6 Å². The number of hydrogen-bond donors (Lipinski definition) is 0.